The molecular formula is C11H16ClN3. The van der Waals surface area contributed by atoms with Gasteiger partial charge >= 0.3 is 0 Å². The molecule has 0 bridgehead atoms. The van der Waals surface area contributed by atoms with Crippen molar-refractivity contribution in [3.63, 3.8) is 0 Å². The van der Waals surface area contributed by atoms with E-state index in [0.29, 0.717) is 5.15 Å². The molecule has 0 amide bonds. The minimum Gasteiger partial charge on any atom is -0.369 e. The van der Waals surface area contributed by atoms with Gasteiger partial charge in [0.25, 0.3) is 0 Å². The smallest absolute Gasteiger partial charge is 0.137 e. The van der Waals surface area contributed by atoms with Gasteiger partial charge in [-0.2, -0.15) is 0 Å². The molecule has 3 nitrogen and oxygen atoms in total. The van der Waals surface area contributed by atoms with Crippen molar-refractivity contribution in [2.75, 3.05) is 11.9 Å². The Labute approximate surface area is 95.3 Å². The topological polar surface area (TPSA) is 37.8 Å². The fourth-order valence-corrected chi connectivity index (χ4v) is 1.81. The number of nitrogens with one attached hydrogen (secondary N) is 1. The zero-order chi connectivity index (χ0) is 10.7. The largest absolute Gasteiger partial charge is 0.369 e. The normalized spacial score (nSPS) is 15.3. The van der Waals surface area contributed by atoms with Gasteiger partial charge in [0, 0.05) is 12.1 Å². The number of anilines is 1. The van der Waals surface area contributed by atoms with Crippen LogP contribution in [0.2, 0.25) is 5.15 Å². The third kappa shape index (κ3) is 2.81. The average Bonchev–Trinajstić information content (AvgIpc) is 3.03. The van der Waals surface area contributed by atoms with Gasteiger partial charge < -0.3 is 5.32 Å². The van der Waals surface area contributed by atoms with Crippen LogP contribution in [0, 0.1) is 5.92 Å². The monoisotopic (exact) mass is 225 g/mol. The molecule has 4 heteroatoms. The maximum atomic E-state index is 6.05. The molecule has 0 aromatic carbocycles. The van der Waals surface area contributed by atoms with E-state index in [-0.39, 0.29) is 0 Å². The fourth-order valence-electron chi connectivity index (χ4n) is 1.58. The molecular weight excluding hydrogens is 210 g/mol. The molecule has 1 N–H and O–H groups in total. The number of aromatic nitrogens is 2. The van der Waals surface area contributed by atoms with Crippen molar-refractivity contribution in [2.24, 2.45) is 5.92 Å². The fraction of sp³-hybridized carbons (Fsp3) is 0.636. The third-order valence-electron chi connectivity index (χ3n) is 2.65. The maximum absolute atomic E-state index is 6.05. The first kappa shape index (κ1) is 10.7. The molecule has 2 rings (SSSR count). The van der Waals surface area contributed by atoms with Crippen molar-refractivity contribution in [1.82, 2.24) is 9.97 Å². The van der Waals surface area contributed by atoms with E-state index in [0.717, 1.165) is 36.7 Å². The van der Waals surface area contributed by atoms with Gasteiger partial charge in [0.2, 0.25) is 0 Å². The van der Waals surface area contributed by atoms with Crippen molar-refractivity contribution in [1.29, 1.82) is 0 Å². The summed E-state index contributed by atoms with van der Waals surface area (Å²) in [6.45, 7) is 3.15. The van der Waals surface area contributed by atoms with Crippen LogP contribution in [-0.4, -0.2) is 16.5 Å². The van der Waals surface area contributed by atoms with Gasteiger partial charge in [0.15, 0.2) is 0 Å². The van der Waals surface area contributed by atoms with E-state index in [2.05, 4.69) is 22.2 Å². The van der Waals surface area contributed by atoms with Gasteiger partial charge in [0.05, 0.1) is 0 Å². The molecule has 1 aliphatic carbocycles. The van der Waals surface area contributed by atoms with E-state index in [9.17, 15) is 0 Å². The third-order valence-corrected chi connectivity index (χ3v) is 2.97. The SMILES string of the molecule is CCCc1c(Cl)ncnc1NCC1CC1. The molecule has 1 aromatic heterocycles. The summed E-state index contributed by atoms with van der Waals surface area (Å²) >= 11 is 6.05. The summed E-state index contributed by atoms with van der Waals surface area (Å²) in [5.41, 5.74) is 1.06. The quantitative estimate of drug-likeness (QED) is 0.784. The minimum absolute atomic E-state index is 0.588. The first-order valence-electron chi connectivity index (χ1n) is 5.54. The highest BCUT2D eigenvalue weighted by atomic mass is 35.5. The van der Waals surface area contributed by atoms with Crippen molar-refractivity contribution in [3.05, 3.63) is 17.0 Å². The summed E-state index contributed by atoms with van der Waals surface area (Å²) in [6.07, 6.45) is 6.21. The molecule has 0 saturated heterocycles. The lowest BCUT2D eigenvalue weighted by atomic mass is 10.2. The summed E-state index contributed by atoms with van der Waals surface area (Å²) in [5, 5.41) is 3.95. The van der Waals surface area contributed by atoms with Crippen LogP contribution in [0.4, 0.5) is 5.82 Å². The maximum Gasteiger partial charge on any atom is 0.137 e. The summed E-state index contributed by atoms with van der Waals surface area (Å²) in [6, 6.07) is 0. The zero-order valence-corrected chi connectivity index (χ0v) is 9.72. The molecule has 0 atom stereocenters. The van der Waals surface area contributed by atoms with E-state index in [1.54, 1.807) is 0 Å². The van der Waals surface area contributed by atoms with Gasteiger partial charge in [-0.25, -0.2) is 9.97 Å². The van der Waals surface area contributed by atoms with E-state index in [1.165, 1.54) is 19.2 Å². The Morgan fingerprint density at radius 2 is 2.27 bits per heavy atom. The van der Waals surface area contributed by atoms with Crippen molar-refractivity contribution in [2.45, 2.75) is 32.6 Å². The average molecular weight is 226 g/mol. The Morgan fingerprint density at radius 1 is 1.47 bits per heavy atom. The molecule has 82 valence electrons. The van der Waals surface area contributed by atoms with Crippen LogP contribution in [0.15, 0.2) is 6.33 Å². The van der Waals surface area contributed by atoms with Crippen molar-refractivity contribution >= 4 is 17.4 Å². The second kappa shape index (κ2) is 4.79. The van der Waals surface area contributed by atoms with E-state index in [1.807, 2.05) is 0 Å². The number of hydrogen-bond acceptors (Lipinski definition) is 3. The van der Waals surface area contributed by atoms with Crippen LogP contribution < -0.4 is 5.32 Å². The lowest BCUT2D eigenvalue weighted by molar-refractivity contribution is 0.859. The molecule has 0 unspecified atom stereocenters. The highest BCUT2D eigenvalue weighted by Gasteiger charge is 2.21. The Hall–Kier alpha value is -0.830. The second-order valence-corrected chi connectivity index (χ2v) is 4.42. The van der Waals surface area contributed by atoms with Crippen LogP contribution in [0.25, 0.3) is 0 Å². The van der Waals surface area contributed by atoms with E-state index >= 15 is 0 Å². The van der Waals surface area contributed by atoms with Crippen LogP contribution in [0.1, 0.15) is 31.7 Å². The van der Waals surface area contributed by atoms with Crippen LogP contribution in [0.3, 0.4) is 0 Å². The molecule has 1 aromatic rings. The number of halogens is 1. The Balaban J connectivity index is 2.08. The van der Waals surface area contributed by atoms with E-state index < -0.39 is 0 Å². The first-order valence-corrected chi connectivity index (χ1v) is 5.92. The van der Waals surface area contributed by atoms with Crippen molar-refractivity contribution in [3.8, 4) is 0 Å². The number of rotatable bonds is 5. The Morgan fingerprint density at radius 3 is 2.93 bits per heavy atom. The van der Waals surface area contributed by atoms with Crippen molar-refractivity contribution < 1.29 is 0 Å². The minimum atomic E-state index is 0.588. The molecule has 0 radical (unpaired) electrons. The van der Waals surface area contributed by atoms with Crippen LogP contribution in [-0.2, 0) is 6.42 Å². The highest BCUT2D eigenvalue weighted by molar-refractivity contribution is 6.30. The Kier molecular flexibility index (Phi) is 3.41. The molecule has 1 heterocycles. The summed E-state index contributed by atoms with van der Waals surface area (Å²) in [4.78, 5) is 8.27. The number of nitrogens with zero attached hydrogens (tertiary/aromatic N) is 2. The summed E-state index contributed by atoms with van der Waals surface area (Å²) < 4.78 is 0. The number of hydrogen-bond donors (Lipinski definition) is 1. The van der Waals surface area contributed by atoms with Crippen LogP contribution >= 0.6 is 11.6 Å². The molecule has 1 saturated carbocycles. The highest BCUT2D eigenvalue weighted by Crippen LogP contribution is 2.29. The van der Waals surface area contributed by atoms with Gasteiger partial charge in [-0.15, -0.1) is 0 Å². The lowest BCUT2D eigenvalue weighted by Crippen LogP contribution is -2.08. The van der Waals surface area contributed by atoms with Crippen LogP contribution in [0.5, 0.6) is 0 Å². The predicted octanol–water partition coefficient (Wildman–Crippen LogP) is 2.90. The molecule has 1 aliphatic rings. The van der Waals surface area contributed by atoms with Gasteiger partial charge in [-0.1, -0.05) is 24.9 Å². The van der Waals surface area contributed by atoms with Gasteiger partial charge in [-0.3, -0.25) is 0 Å². The Bertz CT molecular complexity index is 337. The summed E-state index contributed by atoms with van der Waals surface area (Å²) in [5.74, 6) is 1.76. The predicted molar refractivity (Wildman–Crippen MR) is 62.3 cm³/mol. The lowest BCUT2D eigenvalue weighted by Gasteiger charge is -2.10. The van der Waals surface area contributed by atoms with E-state index in [4.69, 9.17) is 11.6 Å². The zero-order valence-electron chi connectivity index (χ0n) is 8.96. The second-order valence-electron chi connectivity index (χ2n) is 4.07. The molecule has 1 fully saturated rings. The summed E-state index contributed by atoms with van der Waals surface area (Å²) in [7, 11) is 0. The molecule has 0 spiro atoms. The molecule has 0 aliphatic heterocycles. The first-order chi connectivity index (χ1) is 7.31. The molecule has 15 heavy (non-hydrogen) atoms. The standard InChI is InChI=1S/C11H16ClN3/c1-2-3-9-10(12)14-7-15-11(9)13-6-8-4-5-8/h7-8H,2-6H2,1H3,(H,13,14,15). The van der Waals surface area contributed by atoms with Gasteiger partial charge in [0.1, 0.15) is 17.3 Å². The van der Waals surface area contributed by atoms with Gasteiger partial charge in [-0.05, 0) is 25.2 Å².